The number of hydrogen-bond donors (Lipinski definition) is 0. The Morgan fingerprint density at radius 1 is 1.20 bits per heavy atom. The van der Waals surface area contributed by atoms with Gasteiger partial charge in [0.05, 0.1) is 37.0 Å². The van der Waals surface area contributed by atoms with Gasteiger partial charge in [-0.1, -0.05) is 18.2 Å². The van der Waals surface area contributed by atoms with E-state index in [1.165, 1.54) is 12.1 Å². The van der Waals surface area contributed by atoms with Crippen LogP contribution >= 0.6 is 0 Å². The van der Waals surface area contributed by atoms with Crippen molar-refractivity contribution < 1.29 is 18.7 Å². The van der Waals surface area contributed by atoms with Crippen molar-refractivity contribution in [3.8, 4) is 11.4 Å². The van der Waals surface area contributed by atoms with Crippen molar-refractivity contribution in [3.05, 3.63) is 83.2 Å². The predicted molar refractivity (Wildman–Crippen MR) is 132 cm³/mol. The molecule has 5 rings (SSSR count). The van der Waals surface area contributed by atoms with Crippen LogP contribution in [0.2, 0.25) is 0 Å². The second-order valence-electron chi connectivity index (χ2n) is 9.17. The van der Waals surface area contributed by atoms with Gasteiger partial charge in [-0.05, 0) is 74.1 Å². The molecule has 0 bridgehead atoms. The molecule has 0 N–H and O–H groups in total. The van der Waals surface area contributed by atoms with Gasteiger partial charge < -0.3 is 18.9 Å². The van der Waals surface area contributed by atoms with Gasteiger partial charge in [0.2, 0.25) is 5.91 Å². The number of aryl methyl sites for hydroxylation is 1. The van der Waals surface area contributed by atoms with Crippen LogP contribution in [0.3, 0.4) is 0 Å². The fourth-order valence-corrected chi connectivity index (χ4v) is 5.09. The average molecular weight is 476 g/mol. The van der Waals surface area contributed by atoms with Crippen LogP contribution in [0, 0.1) is 12.7 Å². The Balaban J connectivity index is 1.44. The van der Waals surface area contributed by atoms with Crippen LogP contribution < -0.4 is 4.74 Å². The molecule has 1 aromatic heterocycles. The molecular weight excluding hydrogens is 445 g/mol. The molecule has 2 aromatic carbocycles. The van der Waals surface area contributed by atoms with Crippen molar-refractivity contribution in [2.75, 3.05) is 20.3 Å². The van der Waals surface area contributed by atoms with Gasteiger partial charge in [0.25, 0.3) is 0 Å². The summed E-state index contributed by atoms with van der Waals surface area (Å²) in [6.45, 7) is 3.29. The highest BCUT2D eigenvalue weighted by atomic mass is 19.1. The fourth-order valence-electron chi connectivity index (χ4n) is 5.09. The van der Waals surface area contributed by atoms with Crippen molar-refractivity contribution in [1.82, 2.24) is 14.5 Å². The Hall–Kier alpha value is -3.45. The number of benzene rings is 2. The zero-order valence-electron chi connectivity index (χ0n) is 20.1. The van der Waals surface area contributed by atoms with E-state index in [-0.39, 0.29) is 23.9 Å². The summed E-state index contributed by atoms with van der Waals surface area (Å²) in [4.78, 5) is 19.9. The second kappa shape index (κ2) is 10.0. The molecule has 3 aromatic rings. The van der Waals surface area contributed by atoms with E-state index in [4.69, 9.17) is 9.47 Å². The highest BCUT2D eigenvalue weighted by molar-refractivity contribution is 5.99. The number of likely N-dealkylation sites (tertiary alicyclic amines) is 1. The lowest BCUT2D eigenvalue weighted by atomic mass is 9.93. The first-order valence-corrected chi connectivity index (χ1v) is 12.1. The number of carbonyl (C=O) groups excluding carboxylic acids is 1. The van der Waals surface area contributed by atoms with Crippen LogP contribution in [0.4, 0.5) is 4.39 Å². The van der Waals surface area contributed by atoms with Gasteiger partial charge in [-0.3, -0.25) is 4.79 Å². The van der Waals surface area contributed by atoms with E-state index >= 15 is 0 Å². The number of aromatic nitrogens is 2. The zero-order chi connectivity index (χ0) is 24.4. The molecule has 6 nitrogen and oxygen atoms in total. The number of amides is 1. The molecule has 7 heteroatoms. The molecule has 2 aliphatic rings. The summed E-state index contributed by atoms with van der Waals surface area (Å²) < 4.78 is 27.2. The molecule has 0 saturated carbocycles. The number of imidazole rings is 1. The van der Waals surface area contributed by atoms with E-state index in [1.54, 1.807) is 25.6 Å². The Bertz CT molecular complexity index is 1230. The SMILES string of the molecule is COc1cc(/C=C2\CCCN([C@@H](c3ccc(F)cc3)[C@H]3CCCO3)C2=O)ccc1-n1cnc(C)c1. The minimum atomic E-state index is -0.284. The summed E-state index contributed by atoms with van der Waals surface area (Å²) in [5.74, 6) is 0.434. The zero-order valence-corrected chi connectivity index (χ0v) is 20.1. The minimum Gasteiger partial charge on any atom is -0.495 e. The average Bonchev–Trinajstić information content (AvgIpc) is 3.55. The van der Waals surface area contributed by atoms with Gasteiger partial charge in [-0.15, -0.1) is 0 Å². The Morgan fingerprint density at radius 2 is 2.03 bits per heavy atom. The van der Waals surface area contributed by atoms with Gasteiger partial charge in [-0.25, -0.2) is 9.37 Å². The van der Waals surface area contributed by atoms with Gasteiger partial charge in [0.1, 0.15) is 11.6 Å². The number of methoxy groups -OCH3 is 1. The van der Waals surface area contributed by atoms with Gasteiger partial charge in [-0.2, -0.15) is 0 Å². The summed E-state index contributed by atoms with van der Waals surface area (Å²) >= 11 is 0. The molecular formula is C28H30FN3O3. The quantitative estimate of drug-likeness (QED) is 0.457. The van der Waals surface area contributed by atoms with E-state index in [2.05, 4.69) is 4.98 Å². The monoisotopic (exact) mass is 475 g/mol. The summed E-state index contributed by atoms with van der Waals surface area (Å²) in [6, 6.07) is 12.1. The summed E-state index contributed by atoms with van der Waals surface area (Å²) in [5, 5.41) is 0. The highest BCUT2D eigenvalue weighted by Gasteiger charge is 2.37. The summed E-state index contributed by atoms with van der Waals surface area (Å²) in [6.07, 6.45) is 9.01. The molecule has 0 unspecified atom stereocenters. The van der Waals surface area contributed by atoms with Gasteiger partial charge in [0, 0.05) is 24.9 Å². The molecule has 3 heterocycles. The topological polar surface area (TPSA) is 56.6 Å². The first kappa shape index (κ1) is 23.3. The van der Waals surface area contributed by atoms with Crippen LogP contribution in [0.1, 0.15) is 48.5 Å². The smallest absolute Gasteiger partial charge is 0.250 e. The van der Waals surface area contributed by atoms with Crippen LogP contribution in [0.25, 0.3) is 11.8 Å². The minimum absolute atomic E-state index is 0.00866. The maximum absolute atomic E-state index is 13.7. The summed E-state index contributed by atoms with van der Waals surface area (Å²) in [7, 11) is 1.64. The van der Waals surface area contributed by atoms with Crippen LogP contribution in [0.5, 0.6) is 5.75 Å². The number of hydrogen-bond acceptors (Lipinski definition) is 4. The van der Waals surface area contributed by atoms with Gasteiger partial charge in [0.15, 0.2) is 0 Å². The normalized spacial score (nSPS) is 20.4. The standard InChI is InChI=1S/C28H30FN3O3/c1-19-17-31(18-30-19)24-12-7-20(16-26(24)34-2)15-22-5-3-13-32(28(22)33)27(25-6-4-14-35-25)21-8-10-23(29)11-9-21/h7-12,15-18,25,27H,3-6,13-14H2,1-2H3/b22-15+/t25-,27+/m1/s1. The maximum atomic E-state index is 13.7. The summed E-state index contributed by atoms with van der Waals surface area (Å²) in [5.41, 5.74) is 4.39. The number of halogens is 1. The number of piperidine rings is 1. The van der Waals surface area contributed by atoms with E-state index < -0.39 is 0 Å². The lowest BCUT2D eigenvalue weighted by molar-refractivity contribution is -0.134. The van der Waals surface area contributed by atoms with Crippen molar-refractivity contribution in [2.45, 2.75) is 44.8 Å². The lowest BCUT2D eigenvalue weighted by Crippen LogP contribution is -2.44. The number of rotatable bonds is 6. The van der Waals surface area contributed by atoms with E-state index in [9.17, 15) is 9.18 Å². The fraction of sp³-hybridized carbons (Fsp3) is 0.357. The Morgan fingerprint density at radius 3 is 2.71 bits per heavy atom. The molecule has 2 atom stereocenters. The van der Waals surface area contributed by atoms with E-state index in [1.807, 2.05) is 46.9 Å². The largest absolute Gasteiger partial charge is 0.495 e. The van der Waals surface area contributed by atoms with Crippen LogP contribution in [-0.2, 0) is 9.53 Å². The highest BCUT2D eigenvalue weighted by Crippen LogP contribution is 2.36. The second-order valence-corrected chi connectivity index (χ2v) is 9.17. The third-order valence-corrected chi connectivity index (χ3v) is 6.78. The molecule has 2 saturated heterocycles. The third kappa shape index (κ3) is 4.86. The van der Waals surface area contributed by atoms with Crippen molar-refractivity contribution >= 4 is 12.0 Å². The predicted octanol–water partition coefficient (Wildman–Crippen LogP) is 5.25. The third-order valence-electron chi connectivity index (χ3n) is 6.78. The maximum Gasteiger partial charge on any atom is 0.250 e. The van der Waals surface area contributed by atoms with Crippen molar-refractivity contribution in [2.24, 2.45) is 0 Å². The van der Waals surface area contributed by atoms with Crippen molar-refractivity contribution in [3.63, 3.8) is 0 Å². The molecule has 0 aliphatic carbocycles. The Kier molecular flexibility index (Phi) is 6.68. The lowest BCUT2D eigenvalue weighted by Gasteiger charge is -2.38. The molecule has 1 amide bonds. The molecule has 2 aliphatic heterocycles. The first-order chi connectivity index (χ1) is 17.0. The van der Waals surface area contributed by atoms with Crippen molar-refractivity contribution in [1.29, 1.82) is 0 Å². The van der Waals surface area contributed by atoms with Crippen LogP contribution in [0.15, 0.2) is 60.6 Å². The first-order valence-electron chi connectivity index (χ1n) is 12.1. The number of nitrogens with zero attached hydrogens (tertiary/aromatic N) is 3. The number of ether oxygens (including phenoxy) is 2. The molecule has 2 fully saturated rings. The van der Waals surface area contributed by atoms with Crippen LogP contribution in [-0.4, -0.2) is 46.7 Å². The molecule has 182 valence electrons. The molecule has 0 spiro atoms. The van der Waals surface area contributed by atoms with Gasteiger partial charge >= 0.3 is 0 Å². The Labute approximate surface area is 205 Å². The number of carbonyl (C=O) groups is 1. The molecule has 0 radical (unpaired) electrons. The van der Waals surface area contributed by atoms with E-state index in [0.717, 1.165) is 47.3 Å². The molecule has 35 heavy (non-hydrogen) atoms. The van der Waals surface area contributed by atoms with E-state index in [0.29, 0.717) is 25.3 Å².